The fourth-order valence-corrected chi connectivity index (χ4v) is 2.94. The number of carbonyl (C=O) groups is 2. The molecule has 0 saturated carbocycles. The molecular formula is C16H18ClN3O2S. The number of carbonyl (C=O) groups excluding carboxylic acids is 2. The van der Waals surface area contributed by atoms with Crippen LogP contribution in [0.3, 0.4) is 0 Å². The molecule has 0 aliphatic carbocycles. The molecule has 7 heteroatoms. The van der Waals surface area contributed by atoms with E-state index in [9.17, 15) is 9.59 Å². The van der Waals surface area contributed by atoms with Gasteiger partial charge in [-0.15, -0.1) is 11.3 Å². The van der Waals surface area contributed by atoms with Crippen LogP contribution in [-0.2, 0) is 16.6 Å². The SMILES string of the molecule is CC(C)(C)c1nc(CC(=O)Nc2cc(C(N)=O)ccc2Cl)cs1. The Hall–Kier alpha value is -1.92. The summed E-state index contributed by atoms with van der Waals surface area (Å²) in [6.07, 6.45) is 0.143. The topological polar surface area (TPSA) is 85.1 Å². The van der Waals surface area contributed by atoms with E-state index in [0.717, 1.165) is 5.01 Å². The van der Waals surface area contributed by atoms with Crippen LogP contribution in [0, 0.1) is 0 Å². The van der Waals surface area contributed by atoms with E-state index >= 15 is 0 Å². The van der Waals surface area contributed by atoms with Crippen molar-refractivity contribution in [3.05, 3.63) is 44.9 Å². The summed E-state index contributed by atoms with van der Waals surface area (Å²) in [7, 11) is 0. The zero-order valence-electron chi connectivity index (χ0n) is 13.1. The van der Waals surface area contributed by atoms with Gasteiger partial charge < -0.3 is 11.1 Å². The first-order chi connectivity index (χ1) is 10.7. The number of nitrogens with one attached hydrogen (secondary N) is 1. The molecule has 0 aliphatic heterocycles. The summed E-state index contributed by atoms with van der Waals surface area (Å²) in [5.74, 6) is -0.828. The maximum absolute atomic E-state index is 12.2. The average Bonchev–Trinajstić information content (AvgIpc) is 2.89. The van der Waals surface area contributed by atoms with Crippen molar-refractivity contribution >= 4 is 40.4 Å². The molecule has 2 rings (SSSR count). The number of primary amides is 1. The second-order valence-electron chi connectivity index (χ2n) is 6.18. The van der Waals surface area contributed by atoms with E-state index in [1.54, 1.807) is 0 Å². The Balaban J connectivity index is 2.09. The highest BCUT2D eigenvalue weighted by molar-refractivity contribution is 7.09. The fraction of sp³-hybridized carbons (Fsp3) is 0.312. The minimum atomic E-state index is -0.577. The van der Waals surface area contributed by atoms with E-state index < -0.39 is 5.91 Å². The third kappa shape index (κ3) is 4.53. The molecular weight excluding hydrogens is 334 g/mol. The van der Waals surface area contributed by atoms with E-state index in [1.807, 2.05) is 5.38 Å². The van der Waals surface area contributed by atoms with Crippen molar-refractivity contribution in [1.29, 1.82) is 0 Å². The van der Waals surface area contributed by atoms with Gasteiger partial charge in [-0.25, -0.2) is 4.98 Å². The molecule has 0 saturated heterocycles. The summed E-state index contributed by atoms with van der Waals surface area (Å²) < 4.78 is 0. The molecule has 1 heterocycles. The largest absolute Gasteiger partial charge is 0.366 e. The zero-order chi connectivity index (χ0) is 17.2. The monoisotopic (exact) mass is 351 g/mol. The molecule has 3 N–H and O–H groups in total. The highest BCUT2D eigenvalue weighted by Gasteiger charge is 2.19. The van der Waals surface area contributed by atoms with Gasteiger partial charge in [-0.1, -0.05) is 32.4 Å². The van der Waals surface area contributed by atoms with Gasteiger partial charge in [-0.2, -0.15) is 0 Å². The van der Waals surface area contributed by atoms with Crippen molar-refractivity contribution in [1.82, 2.24) is 4.98 Å². The van der Waals surface area contributed by atoms with Crippen molar-refractivity contribution in [2.24, 2.45) is 5.73 Å². The molecule has 122 valence electrons. The number of thiazole rings is 1. The van der Waals surface area contributed by atoms with Gasteiger partial charge in [0.05, 0.1) is 27.8 Å². The van der Waals surface area contributed by atoms with E-state index in [4.69, 9.17) is 17.3 Å². The van der Waals surface area contributed by atoms with E-state index in [2.05, 4.69) is 31.1 Å². The number of aromatic nitrogens is 1. The van der Waals surface area contributed by atoms with Gasteiger partial charge in [0.15, 0.2) is 0 Å². The van der Waals surface area contributed by atoms with Gasteiger partial charge in [-0.05, 0) is 18.2 Å². The summed E-state index contributed by atoms with van der Waals surface area (Å²) in [4.78, 5) is 27.8. The van der Waals surface area contributed by atoms with Crippen LogP contribution in [0.1, 0.15) is 41.8 Å². The van der Waals surface area contributed by atoms with Crippen molar-refractivity contribution in [2.45, 2.75) is 32.6 Å². The molecule has 0 spiro atoms. The first kappa shape index (κ1) is 17.4. The Morgan fingerprint density at radius 2 is 2.04 bits per heavy atom. The molecule has 5 nitrogen and oxygen atoms in total. The highest BCUT2D eigenvalue weighted by atomic mass is 35.5. The van der Waals surface area contributed by atoms with Crippen LogP contribution >= 0.6 is 22.9 Å². The molecule has 2 aromatic rings. The Morgan fingerprint density at radius 3 is 2.61 bits per heavy atom. The molecule has 0 fully saturated rings. The van der Waals surface area contributed by atoms with Crippen LogP contribution < -0.4 is 11.1 Å². The number of halogens is 1. The van der Waals surface area contributed by atoms with E-state index in [-0.39, 0.29) is 23.3 Å². The van der Waals surface area contributed by atoms with Crippen molar-refractivity contribution < 1.29 is 9.59 Å². The molecule has 0 radical (unpaired) electrons. The van der Waals surface area contributed by atoms with Crippen molar-refractivity contribution in [2.75, 3.05) is 5.32 Å². The summed E-state index contributed by atoms with van der Waals surface area (Å²) in [6, 6.07) is 4.50. The fourth-order valence-electron chi connectivity index (χ4n) is 1.87. The molecule has 23 heavy (non-hydrogen) atoms. The van der Waals surface area contributed by atoms with E-state index in [1.165, 1.54) is 29.5 Å². The lowest BCUT2D eigenvalue weighted by molar-refractivity contribution is -0.115. The summed E-state index contributed by atoms with van der Waals surface area (Å²) >= 11 is 7.57. The number of amides is 2. The highest BCUT2D eigenvalue weighted by Crippen LogP contribution is 2.26. The maximum Gasteiger partial charge on any atom is 0.248 e. The normalized spacial score (nSPS) is 11.3. The van der Waals surface area contributed by atoms with Gasteiger partial charge in [-0.3, -0.25) is 9.59 Å². The summed E-state index contributed by atoms with van der Waals surface area (Å²) in [5, 5.41) is 5.89. The van der Waals surface area contributed by atoms with Crippen LogP contribution in [0.2, 0.25) is 5.02 Å². The first-order valence-corrected chi connectivity index (χ1v) is 8.26. The number of hydrogen-bond donors (Lipinski definition) is 2. The number of anilines is 1. The van der Waals surface area contributed by atoms with Crippen LogP contribution in [0.5, 0.6) is 0 Å². The lowest BCUT2D eigenvalue weighted by Crippen LogP contribution is -2.17. The number of hydrogen-bond acceptors (Lipinski definition) is 4. The molecule has 0 bridgehead atoms. The lowest BCUT2D eigenvalue weighted by atomic mass is 9.98. The Morgan fingerprint density at radius 1 is 1.35 bits per heavy atom. The van der Waals surface area contributed by atoms with Crippen LogP contribution in [0.15, 0.2) is 23.6 Å². The molecule has 1 aromatic heterocycles. The summed E-state index contributed by atoms with van der Waals surface area (Å²) in [5.41, 5.74) is 6.54. The smallest absolute Gasteiger partial charge is 0.248 e. The predicted molar refractivity (Wildman–Crippen MR) is 93.1 cm³/mol. The van der Waals surface area contributed by atoms with Gasteiger partial charge in [0.1, 0.15) is 0 Å². The minimum Gasteiger partial charge on any atom is -0.366 e. The average molecular weight is 352 g/mol. The van der Waals surface area contributed by atoms with Gasteiger partial charge in [0, 0.05) is 16.4 Å². The van der Waals surface area contributed by atoms with Gasteiger partial charge in [0.25, 0.3) is 0 Å². The van der Waals surface area contributed by atoms with Crippen molar-refractivity contribution in [3.63, 3.8) is 0 Å². The second kappa shape index (κ2) is 6.68. The van der Waals surface area contributed by atoms with E-state index in [0.29, 0.717) is 16.4 Å². The number of nitrogens with two attached hydrogens (primary N) is 1. The Labute approximate surface area is 143 Å². The molecule has 0 unspecified atom stereocenters. The van der Waals surface area contributed by atoms with Crippen LogP contribution in [-0.4, -0.2) is 16.8 Å². The molecule has 1 aromatic carbocycles. The number of benzene rings is 1. The van der Waals surface area contributed by atoms with Crippen LogP contribution in [0.25, 0.3) is 0 Å². The van der Waals surface area contributed by atoms with Gasteiger partial charge in [0.2, 0.25) is 11.8 Å². The standard InChI is InChI=1S/C16H18ClN3O2S/c1-16(2,3)15-19-10(8-23-15)7-13(21)20-12-6-9(14(18)22)4-5-11(12)17/h4-6,8H,7H2,1-3H3,(H2,18,22)(H,20,21). The second-order valence-corrected chi connectivity index (χ2v) is 7.44. The predicted octanol–water partition coefficient (Wildman–Crippen LogP) is 3.37. The van der Waals surface area contributed by atoms with Gasteiger partial charge >= 0.3 is 0 Å². The quantitative estimate of drug-likeness (QED) is 0.885. The minimum absolute atomic E-state index is 0.0431. The lowest BCUT2D eigenvalue weighted by Gasteiger charge is -2.13. The third-order valence-corrected chi connectivity index (χ3v) is 4.71. The maximum atomic E-state index is 12.2. The Kier molecular flexibility index (Phi) is 5.06. The summed E-state index contributed by atoms with van der Waals surface area (Å²) in [6.45, 7) is 6.22. The molecule has 0 aliphatic rings. The zero-order valence-corrected chi connectivity index (χ0v) is 14.7. The molecule has 0 atom stereocenters. The number of rotatable bonds is 4. The third-order valence-electron chi connectivity index (χ3n) is 3.06. The molecule has 2 amide bonds. The Bertz CT molecular complexity index is 750. The number of nitrogens with zero attached hydrogens (tertiary/aromatic N) is 1. The first-order valence-electron chi connectivity index (χ1n) is 7.01. The van der Waals surface area contributed by atoms with Crippen molar-refractivity contribution in [3.8, 4) is 0 Å². The van der Waals surface area contributed by atoms with Crippen LogP contribution in [0.4, 0.5) is 5.69 Å².